The van der Waals surface area contributed by atoms with Crippen LogP contribution >= 0.6 is 0 Å². The van der Waals surface area contributed by atoms with Gasteiger partial charge in [-0.2, -0.15) is 0 Å². The van der Waals surface area contributed by atoms with Crippen LogP contribution in [0.5, 0.6) is 17.2 Å². The molecule has 5 nitrogen and oxygen atoms in total. The Balaban J connectivity index is 1.75. The van der Waals surface area contributed by atoms with Crippen molar-refractivity contribution in [2.45, 2.75) is 51.9 Å². The Morgan fingerprint density at radius 2 is 2.00 bits per heavy atom. The Labute approximate surface area is 160 Å². The lowest BCUT2D eigenvalue weighted by Crippen LogP contribution is -2.44. The number of hydrogen-bond donors (Lipinski definition) is 1. The SMILES string of the molecule is COc1ccc2c(c1)OC(C)(C)CC2NC(=O)C(C)Oc1cccc(C)c1. The van der Waals surface area contributed by atoms with Gasteiger partial charge in [-0.1, -0.05) is 12.1 Å². The van der Waals surface area contributed by atoms with Crippen LogP contribution in [-0.4, -0.2) is 24.7 Å². The molecule has 1 aliphatic heterocycles. The van der Waals surface area contributed by atoms with E-state index < -0.39 is 11.7 Å². The van der Waals surface area contributed by atoms with Crippen LogP contribution in [-0.2, 0) is 4.79 Å². The van der Waals surface area contributed by atoms with Gasteiger partial charge in [-0.05, 0) is 57.5 Å². The molecule has 0 radical (unpaired) electrons. The van der Waals surface area contributed by atoms with Crippen LogP contribution < -0.4 is 19.5 Å². The first-order valence-electron chi connectivity index (χ1n) is 9.18. The van der Waals surface area contributed by atoms with Gasteiger partial charge in [-0.3, -0.25) is 4.79 Å². The molecule has 1 amide bonds. The highest BCUT2D eigenvalue weighted by Crippen LogP contribution is 2.41. The smallest absolute Gasteiger partial charge is 0.261 e. The van der Waals surface area contributed by atoms with Crippen LogP contribution in [0, 0.1) is 6.92 Å². The maximum absolute atomic E-state index is 12.7. The molecule has 27 heavy (non-hydrogen) atoms. The Bertz CT molecular complexity index is 831. The van der Waals surface area contributed by atoms with Crippen molar-refractivity contribution in [1.29, 1.82) is 0 Å². The number of nitrogens with one attached hydrogen (secondary N) is 1. The van der Waals surface area contributed by atoms with E-state index in [0.29, 0.717) is 12.2 Å². The van der Waals surface area contributed by atoms with Gasteiger partial charge in [0.2, 0.25) is 0 Å². The standard InChI is InChI=1S/C22H27NO4/c1-14-7-6-8-17(11-14)26-15(2)21(24)23-19-13-22(3,4)27-20-12-16(25-5)9-10-18(19)20/h6-12,15,19H,13H2,1-5H3,(H,23,24). The number of aryl methyl sites for hydroxylation is 1. The monoisotopic (exact) mass is 369 g/mol. The number of carbonyl (C=O) groups excluding carboxylic acids is 1. The van der Waals surface area contributed by atoms with Gasteiger partial charge in [-0.15, -0.1) is 0 Å². The average molecular weight is 369 g/mol. The Kier molecular flexibility index (Phi) is 5.31. The van der Waals surface area contributed by atoms with Crippen molar-refractivity contribution in [2.75, 3.05) is 7.11 Å². The normalized spacial score (nSPS) is 18.6. The Hall–Kier alpha value is -2.69. The van der Waals surface area contributed by atoms with Gasteiger partial charge in [0.1, 0.15) is 22.8 Å². The first kappa shape index (κ1) is 19.1. The first-order valence-corrected chi connectivity index (χ1v) is 9.18. The van der Waals surface area contributed by atoms with Gasteiger partial charge in [0.25, 0.3) is 5.91 Å². The third kappa shape index (κ3) is 4.54. The fraction of sp³-hybridized carbons (Fsp3) is 0.409. The molecule has 0 bridgehead atoms. The summed E-state index contributed by atoms with van der Waals surface area (Å²) in [5.41, 5.74) is 1.65. The molecule has 1 aliphatic rings. The maximum atomic E-state index is 12.7. The van der Waals surface area contributed by atoms with Crippen LogP contribution in [0.25, 0.3) is 0 Å². The summed E-state index contributed by atoms with van der Waals surface area (Å²) in [5.74, 6) is 2.01. The zero-order valence-electron chi connectivity index (χ0n) is 16.5. The second-order valence-electron chi connectivity index (χ2n) is 7.61. The summed E-state index contributed by atoms with van der Waals surface area (Å²) in [6.07, 6.45) is 0.0781. The molecule has 144 valence electrons. The molecule has 2 aromatic rings. The summed E-state index contributed by atoms with van der Waals surface area (Å²) in [5, 5.41) is 3.12. The number of amides is 1. The van der Waals surface area contributed by atoms with E-state index in [1.807, 2.05) is 63.2 Å². The molecule has 0 fully saturated rings. The number of rotatable bonds is 5. The first-order chi connectivity index (χ1) is 12.8. The topological polar surface area (TPSA) is 56.8 Å². The molecule has 0 saturated carbocycles. The fourth-order valence-electron chi connectivity index (χ4n) is 3.32. The Morgan fingerprint density at radius 1 is 1.22 bits per heavy atom. The van der Waals surface area contributed by atoms with Crippen LogP contribution in [0.2, 0.25) is 0 Å². The van der Waals surface area contributed by atoms with Gasteiger partial charge in [0.15, 0.2) is 6.10 Å². The number of fused-ring (bicyclic) bond motifs is 1. The molecular weight excluding hydrogens is 342 g/mol. The largest absolute Gasteiger partial charge is 0.497 e. The van der Waals surface area contributed by atoms with Gasteiger partial charge in [0, 0.05) is 18.1 Å². The molecule has 0 aliphatic carbocycles. The molecule has 0 spiro atoms. The molecule has 3 rings (SSSR count). The van der Waals surface area contributed by atoms with Gasteiger partial charge in [0.05, 0.1) is 13.2 Å². The third-order valence-corrected chi connectivity index (χ3v) is 4.67. The zero-order valence-corrected chi connectivity index (χ0v) is 16.5. The highest BCUT2D eigenvalue weighted by atomic mass is 16.5. The van der Waals surface area contributed by atoms with E-state index in [-0.39, 0.29) is 11.9 Å². The summed E-state index contributed by atoms with van der Waals surface area (Å²) >= 11 is 0. The van der Waals surface area contributed by atoms with Gasteiger partial charge >= 0.3 is 0 Å². The third-order valence-electron chi connectivity index (χ3n) is 4.67. The number of methoxy groups -OCH3 is 1. The van der Waals surface area contributed by atoms with Crippen LogP contribution in [0.3, 0.4) is 0 Å². The fourth-order valence-corrected chi connectivity index (χ4v) is 3.32. The summed E-state index contributed by atoms with van der Waals surface area (Å²) in [6.45, 7) is 7.78. The predicted molar refractivity (Wildman–Crippen MR) is 104 cm³/mol. The second-order valence-corrected chi connectivity index (χ2v) is 7.61. The van der Waals surface area contributed by atoms with E-state index >= 15 is 0 Å². The van der Waals surface area contributed by atoms with Crippen molar-refractivity contribution >= 4 is 5.91 Å². The molecule has 2 unspecified atom stereocenters. The minimum absolute atomic E-state index is 0.147. The lowest BCUT2D eigenvalue weighted by molar-refractivity contribution is -0.128. The molecule has 0 saturated heterocycles. The van der Waals surface area contributed by atoms with Gasteiger partial charge < -0.3 is 19.5 Å². The van der Waals surface area contributed by atoms with Crippen molar-refractivity contribution < 1.29 is 19.0 Å². The maximum Gasteiger partial charge on any atom is 0.261 e. The number of hydrogen-bond acceptors (Lipinski definition) is 4. The molecule has 2 atom stereocenters. The lowest BCUT2D eigenvalue weighted by Gasteiger charge is -2.38. The highest BCUT2D eigenvalue weighted by molar-refractivity contribution is 5.81. The van der Waals surface area contributed by atoms with Crippen molar-refractivity contribution in [3.8, 4) is 17.2 Å². The predicted octanol–water partition coefficient (Wildman–Crippen LogP) is 4.19. The number of carbonyl (C=O) groups is 1. The molecule has 5 heteroatoms. The van der Waals surface area contributed by atoms with E-state index in [9.17, 15) is 4.79 Å². The summed E-state index contributed by atoms with van der Waals surface area (Å²) in [4.78, 5) is 12.7. The van der Waals surface area contributed by atoms with Crippen molar-refractivity contribution in [2.24, 2.45) is 0 Å². The van der Waals surface area contributed by atoms with Gasteiger partial charge in [-0.25, -0.2) is 0 Å². The summed E-state index contributed by atoms with van der Waals surface area (Å²) < 4.78 is 17.2. The molecule has 1 N–H and O–H groups in total. The summed E-state index contributed by atoms with van der Waals surface area (Å²) in [7, 11) is 1.62. The van der Waals surface area contributed by atoms with Crippen molar-refractivity contribution in [1.82, 2.24) is 5.32 Å². The minimum Gasteiger partial charge on any atom is -0.497 e. The second kappa shape index (κ2) is 7.51. The highest BCUT2D eigenvalue weighted by Gasteiger charge is 2.35. The zero-order chi connectivity index (χ0) is 19.6. The molecular formula is C22H27NO4. The molecule has 2 aromatic carbocycles. The lowest BCUT2D eigenvalue weighted by atomic mass is 9.89. The van der Waals surface area contributed by atoms with E-state index in [1.54, 1.807) is 14.0 Å². The number of benzene rings is 2. The van der Waals surface area contributed by atoms with E-state index in [1.165, 1.54) is 0 Å². The average Bonchev–Trinajstić information content (AvgIpc) is 2.60. The number of ether oxygens (including phenoxy) is 3. The minimum atomic E-state index is -0.598. The Morgan fingerprint density at radius 3 is 2.70 bits per heavy atom. The van der Waals surface area contributed by atoms with Crippen molar-refractivity contribution in [3.63, 3.8) is 0 Å². The van der Waals surface area contributed by atoms with Crippen LogP contribution in [0.15, 0.2) is 42.5 Å². The molecule has 0 aromatic heterocycles. The van der Waals surface area contributed by atoms with E-state index in [4.69, 9.17) is 14.2 Å². The van der Waals surface area contributed by atoms with E-state index in [2.05, 4.69) is 5.32 Å². The summed E-state index contributed by atoms with van der Waals surface area (Å²) in [6, 6.07) is 13.2. The van der Waals surface area contributed by atoms with Crippen LogP contribution in [0.1, 0.15) is 44.4 Å². The van der Waals surface area contributed by atoms with Crippen molar-refractivity contribution in [3.05, 3.63) is 53.6 Å². The van der Waals surface area contributed by atoms with E-state index in [0.717, 1.165) is 22.6 Å². The quantitative estimate of drug-likeness (QED) is 0.859. The molecule has 1 heterocycles. The van der Waals surface area contributed by atoms with Crippen LogP contribution in [0.4, 0.5) is 0 Å².